The van der Waals surface area contributed by atoms with Gasteiger partial charge in [0, 0.05) is 29.7 Å². The number of amides is 2. The third kappa shape index (κ3) is 7.40. The summed E-state index contributed by atoms with van der Waals surface area (Å²) in [4.78, 5) is 37.0. The number of aromatic nitrogens is 4. The monoisotopic (exact) mass is 622 g/mol. The molecule has 0 radical (unpaired) electrons. The van der Waals surface area contributed by atoms with Gasteiger partial charge in [-0.1, -0.05) is 41.9 Å². The van der Waals surface area contributed by atoms with Crippen LogP contribution in [0.15, 0.2) is 52.3 Å². The van der Waals surface area contributed by atoms with Crippen molar-refractivity contribution in [3.63, 3.8) is 0 Å². The van der Waals surface area contributed by atoms with Crippen molar-refractivity contribution < 1.29 is 18.7 Å². The summed E-state index contributed by atoms with van der Waals surface area (Å²) in [5, 5.41) is 14.5. The highest BCUT2D eigenvalue weighted by Gasteiger charge is 2.36. The molecule has 4 aromatic rings. The summed E-state index contributed by atoms with van der Waals surface area (Å²) in [5.74, 6) is 0.267. The number of nitrogens with zero attached hydrogens (tertiary/aromatic N) is 5. The van der Waals surface area contributed by atoms with Crippen molar-refractivity contribution in [2.45, 2.75) is 70.9 Å². The molecule has 1 N–H and O–H groups in total. The number of pyridine rings is 1. The quantitative estimate of drug-likeness (QED) is 0.219. The third-order valence-corrected chi connectivity index (χ3v) is 8.35. The zero-order valence-corrected chi connectivity index (χ0v) is 26.5. The van der Waals surface area contributed by atoms with Gasteiger partial charge in [0.1, 0.15) is 21.5 Å². The average molecular weight is 623 g/mol. The number of likely N-dealkylation sites (tertiary alicyclic amines) is 1. The van der Waals surface area contributed by atoms with Crippen molar-refractivity contribution in [3.05, 3.63) is 80.7 Å². The van der Waals surface area contributed by atoms with Crippen LogP contribution in [0.2, 0.25) is 5.15 Å². The zero-order valence-electron chi connectivity index (χ0n) is 24.9. The Morgan fingerprint density at radius 2 is 1.91 bits per heavy atom. The molecule has 2 amide bonds. The van der Waals surface area contributed by atoms with Crippen LogP contribution in [-0.4, -0.2) is 55.8 Å². The van der Waals surface area contributed by atoms with Crippen molar-refractivity contribution >= 4 is 34.9 Å². The summed E-state index contributed by atoms with van der Waals surface area (Å²) in [6.45, 7) is 10.1. The van der Waals surface area contributed by atoms with E-state index in [0.717, 1.165) is 29.1 Å². The minimum absolute atomic E-state index is 0.0761. The molecule has 1 saturated heterocycles. The van der Waals surface area contributed by atoms with Gasteiger partial charge in [-0.15, -0.1) is 21.5 Å². The molecule has 0 aliphatic carbocycles. The van der Waals surface area contributed by atoms with Crippen LogP contribution in [0.25, 0.3) is 11.6 Å². The van der Waals surface area contributed by atoms with Gasteiger partial charge in [-0.3, -0.25) is 4.79 Å². The molecule has 12 heteroatoms. The van der Waals surface area contributed by atoms with E-state index in [9.17, 15) is 9.59 Å². The fraction of sp³-hybridized carbons (Fsp3) is 0.419. The summed E-state index contributed by atoms with van der Waals surface area (Å²) in [5.41, 5.74) is 1.22. The molecule has 226 valence electrons. The molecule has 10 nitrogen and oxygen atoms in total. The molecule has 1 aromatic carbocycles. The summed E-state index contributed by atoms with van der Waals surface area (Å²) in [7, 11) is 0. The number of nitrogens with one attached hydrogen (secondary N) is 1. The predicted molar refractivity (Wildman–Crippen MR) is 164 cm³/mol. The molecule has 0 spiro atoms. The summed E-state index contributed by atoms with van der Waals surface area (Å²) >= 11 is 7.97. The van der Waals surface area contributed by atoms with Gasteiger partial charge in [-0.2, -0.15) is 0 Å². The van der Waals surface area contributed by atoms with Crippen LogP contribution in [0.1, 0.15) is 79.1 Å². The maximum absolute atomic E-state index is 13.7. The molecule has 1 aliphatic heterocycles. The summed E-state index contributed by atoms with van der Waals surface area (Å²) in [6.07, 6.45) is 1.71. The van der Waals surface area contributed by atoms with Gasteiger partial charge in [0.2, 0.25) is 5.89 Å². The first-order valence-corrected chi connectivity index (χ1v) is 15.4. The average Bonchev–Trinajstić information content (AvgIpc) is 3.72. The maximum Gasteiger partial charge on any atom is 0.407 e. The van der Waals surface area contributed by atoms with E-state index < -0.39 is 17.1 Å². The van der Waals surface area contributed by atoms with Gasteiger partial charge >= 0.3 is 6.09 Å². The molecule has 43 heavy (non-hydrogen) atoms. The van der Waals surface area contributed by atoms with Crippen LogP contribution >= 0.6 is 22.9 Å². The lowest BCUT2D eigenvalue weighted by molar-refractivity contribution is 0.0512. The highest BCUT2D eigenvalue weighted by Crippen LogP contribution is 2.36. The Morgan fingerprint density at radius 1 is 1.14 bits per heavy atom. The lowest BCUT2D eigenvalue weighted by Gasteiger charge is -2.27. The molecular weight excluding hydrogens is 588 g/mol. The Morgan fingerprint density at radius 3 is 2.60 bits per heavy atom. The minimum Gasteiger partial charge on any atom is -0.444 e. The highest BCUT2D eigenvalue weighted by molar-refractivity contribution is 7.09. The van der Waals surface area contributed by atoms with Gasteiger partial charge in [-0.05, 0) is 71.6 Å². The number of halogens is 1. The number of carbonyl (C=O) groups is 2. The van der Waals surface area contributed by atoms with Crippen molar-refractivity contribution in [2.75, 3.05) is 13.1 Å². The Bertz CT molecular complexity index is 1600. The van der Waals surface area contributed by atoms with Crippen LogP contribution in [-0.2, 0) is 16.6 Å². The SMILES string of the molecule is Cc1csc(C2CCCN2C(=O)c2cc(Cl)nc(-c3nnc(C(C)(CNC(=O)OC(C)(C)C)Cc4ccccc4)o3)c2)n1. The second-order valence-corrected chi connectivity index (χ2v) is 13.3. The maximum atomic E-state index is 13.7. The standard InChI is InChI=1S/C31H35ClN6O4S/c1-19-17-43-26(34-19)23-12-9-13-38(23)27(39)21-14-22(35-24(32)15-21)25-36-37-28(41-25)31(5,16-20-10-7-6-8-11-20)18-33-29(40)42-30(2,3)4/h6-8,10-11,14-15,17,23H,9,12-13,16,18H2,1-5H3,(H,33,40). The first-order chi connectivity index (χ1) is 20.4. The lowest BCUT2D eigenvalue weighted by atomic mass is 9.83. The van der Waals surface area contributed by atoms with E-state index in [1.807, 2.05) is 54.5 Å². The van der Waals surface area contributed by atoms with Gasteiger partial charge in [0.05, 0.1) is 11.5 Å². The van der Waals surface area contributed by atoms with E-state index in [4.69, 9.17) is 20.8 Å². The number of thiazole rings is 1. The Labute approximate surface area is 259 Å². The zero-order chi connectivity index (χ0) is 30.8. The van der Waals surface area contributed by atoms with Crippen LogP contribution in [0.4, 0.5) is 4.79 Å². The van der Waals surface area contributed by atoms with Crippen LogP contribution in [0, 0.1) is 6.92 Å². The van der Waals surface area contributed by atoms with Gasteiger partial charge in [-0.25, -0.2) is 14.8 Å². The van der Waals surface area contributed by atoms with E-state index in [1.54, 1.807) is 44.2 Å². The molecule has 2 unspecified atom stereocenters. The number of hydrogen-bond acceptors (Lipinski definition) is 9. The van der Waals surface area contributed by atoms with Gasteiger partial charge in [0.25, 0.3) is 11.8 Å². The fourth-order valence-corrected chi connectivity index (χ4v) is 6.25. The van der Waals surface area contributed by atoms with Crippen molar-refractivity contribution in [1.29, 1.82) is 0 Å². The van der Waals surface area contributed by atoms with E-state index in [-0.39, 0.29) is 35.2 Å². The van der Waals surface area contributed by atoms with Gasteiger partial charge < -0.3 is 19.4 Å². The van der Waals surface area contributed by atoms with E-state index in [1.165, 1.54) is 0 Å². The van der Waals surface area contributed by atoms with Crippen LogP contribution in [0.3, 0.4) is 0 Å². The number of carbonyl (C=O) groups excluding carboxylic acids is 2. The van der Waals surface area contributed by atoms with Crippen molar-refractivity contribution in [2.24, 2.45) is 0 Å². The second-order valence-electron chi connectivity index (χ2n) is 12.0. The summed E-state index contributed by atoms with van der Waals surface area (Å²) in [6, 6.07) is 12.9. The summed E-state index contributed by atoms with van der Waals surface area (Å²) < 4.78 is 11.6. The van der Waals surface area contributed by atoms with Gasteiger partial charge in [0.15, 0.2) is 0 Å². The molecule has 5 rings (SSSR count). The second kappa shape index (κ2) is 12.4. The van der Waals surface area contributed by atoms with Crippen LogP contribution < -0.4 is 5.32 Å². The van der Waals surface area contributed by atoms with Crippen molar-refractivity contribution in [1.82, 2.24) is 30.4 Å². The number of aryl methyl sites for hydroxylation is 1. The Balaban J connectivity index is 1.41. The first kappa shape index (κ1) is 30.6. The smallest absolute Gasteiger partial charge is 0.407 e. The molecule has 3 aromatic heterocycles. The predicted octanol–water partition coefficient (Wildman–Crippen LogP) is 6.55. The molecule has 1 aliphatic rings. The molecule has 0 saturated carbocycles. The van der Waals surface area contributed by atoms with Crippen molar-refractivity contribution in [3.8, 4) is 11.6 Å². The van der Waals surface area contributed by atoms with E-state index >= 15 is 0 Å². The van der Waals surface area contributed by atoms with E-state index in [2.05, 4.69) is 25.5 Å². The number of alkyl carbamates (subject to hydrolysis) is 1. The highest BCUT2D eigenvalue weighted by atomic mass is 35.5. The molecule has 2 atom stereocenters. The molecule has 1 fully saturated rings. The minimum atomic E-state index is -0.782. The Hall–Kier alpha value is -3.83. The third-order valence-electron chi connectivity index (χ3n) is 7.10. The number of hydrogen-bond donors (Lipinski definition) is 1. The molecule has 4 heterocycles. The van der Waals surface area contributed by atoms with E-state index in [0.29, 0.717) is 24.4 Å². The molecular formula is C31H35ClN6O4S. The number of rotatable bonds is 8. The fourth-order valence-electron chi connectivity index (χ4n) is 5.10. The first-order valence-electron chi connectivity index (χ1n) is 14.2. The largest absolute Gasteiger partial charge is 0.444 e. The van der Waals surface area contributed by atoms with Crippen LogP contribution in [0.5, 0.6) is 0 Å². The Kier molecular flexibility index (Phi) is 8.84. The number of benzene rings is 1. The number of ether oxygens (including phenoxy) is 1. The lowest BCUT2D eigenvalue weighted by Crippen LogP contribution is -2.42. The molecule has 0 bridgehead atoms. The normalized spacial score (nSPS) is 16.6. The topological polar surface area (TPSA) is 123 Å².